The normalized spacial score (nSPS) is 24.9. The number of benzene rings is 1. The van der Waals surface area contributed by atoms with Gasteiger partial charge in [-0.05, 0) is 37.4 Å². The summed E-state index contributed by atoms with van der Waals surface area (Å²) in [4.78, 5) is 9.48. The largest absolute Gasteiger partial charge is 0.356 e. The van der Waals surface area contributed by atoms with Crippen LogP contribution in [0.5, 0.6) is 0 Å². The predicted molar refractivity (Wildman–Crippen MR) is 112 cm³/mol. The summed E-state index contributed by atoms with van der Waals surface area (Å²) in [6.45, 7) is 9.14. The molecule has 0 aliphatic carbocycles. The molecule has 134 valence electrons. The van der Waals surface area contributed by atoms with Gasteiger partial charge in [0, 0.05) is 39.1 Å². The van der Waals surface area contributed by atoms with Gasteiger partial charge in [0.25, 0.3) is 0 Å². The monoisotopic (exact) mass is 442 g/mol. The first-order chi connectivity index (χ1) is 11.3. The molecule has 4 nitrogen and oxygen atoms in total. The van der Waals surface area contributed by atoms with Gasteiger partial charge in [-0.3, -0.25) is 4.99 Å². The van der Waals surface area contributed by atoms with E-state index in [0.717, 1.165) is 31.5 Å². The van der Waals surface area contributed by atoms with Crippen molar-refractivity contribution >= 4 is 29.9 Å². The molecule has 2 aliphatic rings. The molecule has 0 bridgehead atoms. The lowest BCUT2D eigenvalue weighted by Gasteiger charge is -2.23. The van der Waals surface area contributed by atoms with Crippen LogP contribution in [0.25, 0.3) is 0 Å². The van der Waals surface area contributed by atoms with E-state index in [9.17, 15) is 0 Å². The second-order valence-electron chi connectivity index (χ2n) is 6.82. The first kappa shape index (κ1) is 19.5. The summed E-state index contributed by atoms with van der Waals surface area (Å²) in [5.74, 6) is 2.48. The average molecular weight is 442 g/mol. The summed E-state index contributed by atoms with van der Waals surface area (Å²) in [5.41, 5.74) is 1.46. The van der Waals surface area contributed by atoms with Crippen LogP contribution in [0.1, 0.15) is 31.2 Å². The number of halogens is 1. The predicted octanol–water partition coefficient (Wildman–Crippen LogP) is 3.01. The molecule has 2 heterocycles. The Morgan fingerprint density at radius 3 is 2.62 bits per heavy atom. The Labute approximate surface area is 163 Å². The lowest BCUT2D eigenvalue weighted by Crippen LogP contribution is -2.42. The molecule has 0 aromatic heterocycles. The van der Waals surface area contributed by atoms with E-state index in [1.54, 1.807) is 0 Å². The van der Waals surface area contributed by atoms with Crippen molar-refractivity contribution in [2.75, 3.05) is 46.3 Å². The number of aliphatic imine (C=N–C) groups is 1. The third kappa shape index (κ3) is 4.85. The summed E-state index contributed by atoms with van der Waals surface area (Å²) in [6.07, 6.45) is 2.53. The van der Waals surface area contributed by atoms with Crippen LogP contribution in [0, 0.1) is 5.92 Å². The Morgan fingerprint density at radius 2 is 1.96 bits per heavy atom. The number of nitrogens with zero attached hydrogens (tertiary/aromatic N) is 3. The molecule has 2 aliphatic heterocycles. The number of rotatable bonds is 4. The third-order valence-electron chi connectivity index (χ3n) is 5.34. The van der Waals surface area contributed by atoms with Gasteiger partial charge in [-0.2, -0.15) is 0 Å². The van der Waals surface area contributed by atoms with Crippen LogP contribution in [0.4, 0.5) is 0 Å². The van der Waals surface area contributed by atoms with E-state index in [1.165, 1.54) is 38.0 Å². The lowest BCUT2D eigenvalue weighted by molar-refractivity contribution is 0.341. The van der Waals surface area contributed by atoms with Crippen molar-refractivity contribution in [3.63, 3.8) is 0 Å². The number of likely N-dealkylation sites (tertiary alicyclic amines) is 2. The van der Waals surface area contributed by atoms with Gasteiger partial charge in [0.05, 0.1) is 0 Å². The highest BCUT2D eigenvalue weighted by molar-refractivity contribution is 14.0. The van der Waals surface area contributed by atoms with Crippen molar-refractivity contribution in [2.45, 2.75) is 25.7 Å². The first-order valence-corrected chi connectivity index (χ1v) is 9.03. The summed E-state index contributed by atoms with van der Waals surface area (Å²) in [7, 11) is 1.91. The van der Waals surface area contributed by atoms with Crippen LogP contribution >= 0.6 is 24.0 Å². The van der Waals surface area contributed by atoms with E-state index in [0.29, 0.717) is 5.92 Å². The molecule has 2 atom stereocenters. The van der Waals surface area contributed by atoms with Crippen molar-refractivity contribution in [1.82, 2.24) is 15.1 Å². The molecule has 2 unspecified atom stereocenters. The fourth-order valence-corrected chi connectivity index (χ4v) is 3.88. The van der Waals surface area contributed by atoms with Gasteiger partial charge < -0.3 is 15.1 Å². The lowest BCUT2D eigenvalue weighted by atomic mass is 9.99. The van der Waals surface area contributed by atoms with Crippen molar-refractivity contribution in [2.24, 2.45) is 10.9 Å². The molecular formula is C19H31IN4. The molecule has 0 amide bonds. The van der Waals surface area contributed by atoms with Crippen LogP contribution in [0.2, 0.25) is 0 Å². The molecule has 3 rings (SSSR count). The molecule has 0 radical (unpaired) electrons. The van der Waals surface area contributed by atoms with Crippen molar-refractivity contribution in [1.29, 1.82) is 0 Å². The maximum absolute atomic E-state index is 4.52. The van der Waals surface area contributed by atoms with Gasteiger partial charge in [-0.25, -0.2) is 0 Å². The van der Waals surface area contributed by atoms with Crippen LogP contribution in [0.15, 0.2) is 35.3 Å². The van der Waals surface area contributed by atoms with Gasteiger partial charge in [0.2, 0.25) is 0 Å². The zero-order chi connectivity index (χ0) is 16.1. The van der Waals surface area contributed by atoms with E-state index in [-0.39, 0.29) is 24.0 Å². The van der Waals surface area contributed by atoms with E-state index < -0.39 is 0 Å². The SMILES string of the molecule is CCN1CCC(CNC(=NC)N2CCC(c3ccccc3)C2)C1.I. The topological polar surface area (TPSA) is 30.9 Å². The Kier molecular flexibility index (Phi) is 7.81. The Balaban J connectivity index is 0.00000208. The molecule has 1 aromatic carbocycles. The highest BCUT2D eigenvalue weighted by atomic mass is 127. The minimum Gasteiger partial charge on any atom is -0.356 e. The van der Waals surface area contributed by atoms with Crippen LogP contribution in [-0.2, 0) is 0 Å². The number of nitrogens with one attached hydrogen (secondary N) is 1. The minimum absolute atomic E-state index is 0. The molecule has 2 saturated heterocycles. The molecule has 0 spiro atoms. The van der Waals surface area contributed by atoms with Gasteiger partial charge in [-0.15, -0.1) is 24.0 Å². The molecule has 2 fully saturated rings. The fraction of sp³-hybridized carbons (Fsp3) is 0.632. The zero-order valence-corrected chi connectivity index (χ0v) is 17.3. The standard InChI is InChI=1S/C19H30N4.HI/c1-3-22-11-9-16(14-22)13-21-19(20-2)23-12-10-18(15-23)17-7-5-4-6-8-17;/h4-8,16,18H,3,9-15H2,1-2H3,(H,20,21);1H. The van der Waals surface area contributed by atoms with E-state index in [2.05, 4.69) is 57.4 Å². The maximum atomic E-state index is 4.52. The Morgan fingerprint density at radius 1 is 1.17 bits per heavy atom. The van der Waals surface area contributed by atoms with E-state index >= 15 is 0 Å². The minimum atomic E-state index is 0. The molecule has 24 heavy (non-hydrogen) atoms. The fourth-order valence-electron chi connectivity index (χ4n) is 3.88. The van der Waals surface area contributed by atoms with Gasteiger partial charge in [0.15, 0.2) is 5.96 Å². The summed E-state index contributed by atoms with van der Waals surface area (Å²) in [6, 6.07) is 10.9. The molecule has 5 heteroatoms. The average Bonchev–Trinajstić information content (AvgIpc) is 3.26. The van der Waals surface area contributed by atoms with Crippen molar-refractivity contribution < 1.29 is 0 Å². The van der Waals surface area contributed by atoms with Crippen LogP contribution in [0.3, 0.4) is 0 Å². The summed E-state index contributed by atoms with van der Waals surface area (Å²) >= 11 is 0. The van der Waals surface area contributed by atoms with Gasteiger partial charge >= 0.3 is 0 Å². The van der Waals surface area contributed by atoms with Crippen LogP contribution < -0.4 is 5.32 Å². The van der Waals surface area contributed by atoms with E-state index in [1.807, 2.05) is 7.05 Å². The highest BCUT2D eigenvalue weighted by Gasteiger charge is 2.27. The quantitative estimate of drug-likeness (QED) is 0.442. The third-order valence-corrected chi connectivity index (χ3v) is 5.34. The molecule has 1 aromatic rings. The number of guanidine groups is 1. The van der Waals surface area contributed by atoms with Gasteiger partial charge in [0.1, 0.15) is 0 Å². The molecule has 1 N–H and O–H groups in total. The molecular weight excluding hydrogens is 411 g/mol. The van der Waals surface area contributed by atoms with Crippen LogP contribution in [-0.4, -0.2) is 62.1 Å². The second kappa shape index (κ2) is 9.61. The Bertz CT molecular complexity index is 519. The zero-order valence-electron chi connectivity index (χ0n) is 14.9. The molecule has 0 saturated carbocycles. The smallest absolute Gasteiger partial charge is 0.193 e. The second-order valence-corrected chi connectivity index (χ2v) is 6.82. The maximum Gasteiger partial charge on any atom is 0.193 e. The summed E-state index contributed by atoms with van der Waals surface area (Å²) in [5, 5.41) is 3.62. The van der Waals surface area contributed by atoms with Crippen molar-refractivity contribution in [3.8, 4) is 0 Å². The van der Waals surface area contributed by atoms with E-state index in [4.69, 9.17) is 0 Å². The van der Waals surface area contributed by atoms with Crippen molar-refractivity contribution in [3.05, 3.63) is 35.9 Å². The summed E-state index contributed by atoms with van der Waals surface area (Å²) < 4.78 is 0. The van der Waals surface area contributed by atoms with Gasteiger partial charge in [-0.1, -0.05) is 37.3 Å². The first-order valence-electron chi connectivity index (χ1n) is 9.03. The highest BCUT2D eigenvalue weighted by Crippen LogP contribution is 2.27. The number of hydrogen-bond donors (Lipinski definition) is 1. The Hall–Kier alpha value is -0.820. The number of hydrogen-bond acceptors (Lipinski definition) is 2.